The number of morpholine rings is 1. The van der Waals surface area contributed by atoms with Gasteiger partial charge in [-0.15, -0.1) is 0 Å². The highest BCUT2D eigenvalue weighted by atomic mass is 16.5. The maximum absolute atomic E-state index is 12.7. The number of nitrogens with zero attached hydrogens (tertiary/aromatic N) is 3. The number of allylic oxidation sites excluding steroid dienone is 1. The molecule has 1 aromatic carbocycles. The number of aromatic nitrogens is 2. The molecule has 0 bridgehead atoms. The van der Waals surface area contributed by atoms with Gasteiger partial charge in [-0.2, -0.15) is 0 Å². The highest BCUT2D eigenvalue weighted by molar-refractivity contribution is 5.87. The molecule has 3 rings (SSSR count). The fourth-order valence-electron chi connectivity index (χ4n) is 3.21. The van der Waals surface area contributed by atoms with E-state index in [0.29, 0.717) is 39.3 Å². The fraction of sp³-hybridized carbons (Fsp3) is 0.450. The number of hydrogen-bond donors (Lipinski definition) is 1. The van der Waals surface area contributed by atoms with Crippen LogP contribution in [0.1, 0.15) is 19.2 Å². The number of carbonyl (C=O) groups excluding carboxylic acids is 2. The number of imidazole rings is 1. The topological polar surface area (TPSA) is 76.5 Å². The quantitative estimate of drug-likeness (QED) is 0.592. The number of benzene rings is 1. The van der Waals surface area contributed by atoms with Crippen molar-refractivity contribution in [1.29, 1.82) is 0 Å². The molecular formula is C20H26N4O3. The van der Waals surface area contributed by atoms with Crippen LogP contribution in [0.5, 0.6) is 0 Å². The van der Waals surface area contributed by atoms with Crippen LogP contribution < -0.4 is 5.32 Å². The van der Waals surface area contributed by atoms with E-state index < -0.39 is 0 Å². The van der Waals surface area contributed by atoms with Crippen molar-refractivity contribution < 1.29 is 14.3 Å². The van der Waals surface area contributed by atoms with Gasteiger partial charge in [0.05, 0.1) is 24.2 Å². The zero-order valence-corrected chi connectivity index (χ0v) is 15.7. The number of fused-ring (bicyclic) bond motifs is 1. The second-order valence-electron chi connectivity index (χ2n) is 6.49. The molecule has 1 aliphatic heterocycles. The largest absolute Gasteiger partial charge is 0.378 e. The molecule has 1 aromatic heterocycles. The van der Waals surface area contributed by atoms with Gasteiger partial charge in [-0.05, 0) is 31.6 Å². The minimum Gasteiger partial charge on any atom is -0.378 e. The second kappa shape index (κ2) is 9.32. The predicted octanol–water partition coefficient (Wildman–Crippen LogP) is 1.52. The number of hydrogen-bond acceptors (Lipinski definition) is 4. The molecule has 2 heterocycles. The van der Waals surface area contributed by atoms with Crippen molar-refractivity contribution in [3.63, 3.8) is 0 Å². The number of ether oxygens (including phenoxy) is 1. The summed E-state index contributed by atoms with van der Waals surface area (Å²) in [6.07, 6.45) is 4.68. The zero-order valence-electron chi connectivity index (χ0n) is 15.7. The molecule has 2 aromatic rings. The molecule has 0 unspecified atom stereocenters. The molecule has 1 saturated heterocycles. The molecule has 7 heteroatoms. The summed E-state index contributed by atoms with van der Waals surface area (Å²) in [4.78, 5) is 30.8. The molecule has 27 heavy (non-hydrogen) atoms. The highest BCUT2D eigenvalue weighted by Gasteiger charge is 2.20. The normalized spacial score (nSPS) is 14.8. The lowest BCUT2D eigenvalue weighted by atomic mass is 10.2. The third-order valence-corrected chi connectivity index (χ3v) is 4.59. The molecule has 1 fully saturated rings. The van der Waals surface area contributed by atoms with Gasteiger partial charge in [0.1, 0.15) is 12.4 Å². The van der Waals surface area contributed by atoms with E-state index >= 15 is 0 Å². The Kier molecular flexibility index (Phi) is 6.59. The molecule has 0 spiro atoms. The number of rotatable bonds is 7. The number of nitrogens with one attached hydrogen (secondary N) is 1. The minimum atomic E-state index is -0.0894. The van der Waals surface area contributed by atoms with E-state index in [4.69, 9.17) is 9.72 Å². The summed E-state index contributed by atoms with van der Waals surface area (Å²) < 4.78 is 7.33. The van der Waals surface area contributed by atoms with Crippen molar-refractivity contribution in [3.8, 4) is 0 Å². The first-order valence-electron chi connectivity index (χ1n) is 9.39. The molecular weight excluding hydrogens is 344 g/mol. The number of carbonyl (C=O) groups is 2. The lowest BCUT2D eigenvalue weighted by molar-refractivity contribution is -0.135. The molecule has 144 valence electrons. The van der Waals surface area contributed by atoms with Gasteiger partial charge in [-0.3, -0.25) is 9.59 Å². The van der Waals surface area contributed by atoms with Gasteiger partial charge in [-0.25, -0.2) is 4.98 Å². The van der Waals surface area contributed by atoms with Crippen LogP contribution in [0.2, 0.25) is 0 Å². The third kappa shape index (κ3) is 4.95. The first kappa shape index (κ1) is 19.1. The third-order valence-electron chi connectivity index (χ3n) is 4.59. The second-order valence-corrected chi connectivity index (χ2v) is 6.49. The number of para-hydroxylation sites is 2. The highest BCUT2D eigenvalue weighted by Crippen LogP contribution is 2.17. The summed E-state index contributed by atoms with van der Waals surface area (Å²) in [5, 5.41) is 2.85. The molecule has 0 atom stereocenters. The molecule has 7 nitrogen and oxygen atoms in total. The van der Waals surface area contributed by atoms with Crippen LogP contribution in [-0.4, -0.2) is 59.1 Å². The Bertz CT molecular complexity index is 822. The van der Waals surface area contributed by atoms with Crippen LogP contribution in [0.4, 0.5) is 0 Å². The zero-order chi connectivity index (χ0) is 19.1. The average molecular weight is 370 g/mol. The van der Waals surface area contributed by atoms with E-state index in [0.717, 1.165) is 23.3 Å². The average Bonchev–Trinajstić information content (AvgIpc) is 3.03. The van der Waals surface area contributed by atoms with E-state index in [-0.39, 0.29) is 18.4 Å². The van der Waals surface area contributed by atoms with Gasteiger partial charge in [0, 0.05) is 26.1 Å². The van der Waals surface area contributed by atoms with Gasteiger partial charge in [0.2, 0.25) is 11.8 Å². The summed E-state index contributed by atoms with van der Waals surface area (Å²) >= 11 is 0. The van der Waals surface area contributed by atoms with Crippen LogP contribution in [-0.2, 0) is 27.3 Å². The van der Waals surface area contributed by atoms with E-state index in [2.05, 4.69) is 5.32 Å². The minimum absolute atomic E-state index is 0.0871. The van der Waals surface area contributed by atoms with Crippen LogP contribution in [0.15, 0.2) is 36.4 Å². The predicted molar refractivity (Wildman–Crippen MR) is 103 cm³/mol. The van der Waals surface area contributed by atoms with Crippen LogP contribution >= 0.6 is 0 Å². The number of amides is 2. The summed E-state index contributed by atoms with van der Waals surface area (Å²) in [5.74, 6) is 0.871. The Morgan fingerprint density at radius 2 is 2.04 bits per heavy atom. The van der Waals surface area contributed by atoms with E-state index in [1.54, 1.807) is 6.08 Å². The lowest BCUT2D eigenvalue weighted by Crippen LogP contribution is -2.42. The van der Waals surface area contributed by atoms with E-state index in [1.165, 1.54) is 6.08 Å². The van der Waals surface area contributed by atoms with Crippen LogP contribution in [0.3, 0.4) is 0 Å². The lowest BCUT2D eigenvalue weighted by Gasteiger charge is -2.27. The summed E-state index contributed by atoms with van der Waals surface area (Å²) in [5.41, 5.74) is 1.85. The maximum Gasteiger partial charge on any atom is 0.243 e. The maximum atomic E-state index is 12.7. The van der Waals surface area contributed by atoms with Crippen molar-refractivity contribution >= 4 is 22.8 Å². The smallest absolute Gasteiger partial charge is 0.243 e. The summed E-state index contributed by atoms with van der Waals surface area (Å²) in [7, 11) is 0. The molecule has 0 aliphatic carbocycles. The van der Waals surface area contributed by atoms with Crippen LogP contribution in [0.25, 0.3) is 11.0 Å². The monoisotopic (exact) mass is 370 g/mol. The van der Waals surface area contributed by atoms with Gasteiger partial charge >= 0.3 is 0 Å². The summed E-state index contributed by atoms with van der Waals surface area (Å²) in [6, 6.07) is 7.86. The summed E-state index contributed by atoms with van der Waals surface area (Å²) in [6.45, 7) is 5.12. The molecule has 1 N–H and O–H groups in total. The van der Waals surface area contributed by atoms with Crippen molar-refractivity contribution in [3.05, 3.63) is 42.2 Å². The molecule has 1 aliphatic rings. The Morgan fingerprint density at radius 3 is 2.81 bits per heavy atom. The number of aryl methyl sites for hydroxylation is 1. The van der Waals surface area contributed by atoms with Crippen LogP contribution in [0, 0.1) is 0 Å². The van der Waals surface area contributed by atoms with Crippen molar-refractivity contribution in [1.82, 2.24) is 19.8 Å². The van der Waals surface area contributed by atoms with Crippen molar-refractivity contribution in [2.75, 3.05) is 32.8 Å². The van der Waals surface area contributed by atoms with Gasteiger partial charge < -0.3 is 19.5 Å². The SMILES string of the molecule is C/C=C\C(=O)NCCCc1nc2ccccc2n1CC(=O)N1CCOCC1. The Hall–Kier alpha value is -2.67. The molecule has 0 radical (unpaired) electrons. The van der Waals surface area contributed by atoms with Gasteiger partial charge in [-0.1, -0.05) is 18.2 Å². The fourth-order valence-corrected chi connectivity index (χ4v) is 3.21. The molecule has 2 amide bonds. The van der Waals surface area contributed by atoms with Crippen molar-refractivity contribution in [2.45, 2.75) is 26.3 Å². The Morgan fingerprint density at radius 1 is 1.26 bits per heavy atom. The first-order valence-corrected chi connectivity index (χ1v) is 9.39. The molecule has 0 saturated carbocycles. The van der Waals surface area contributed by atoms with E-state index in [1.807, 2.05) is 40.7 Å². The van der Waals surface area contributed by atoms with E-state index in [9.17, 15) is 9.59 Å². The van der Waals surface area contributed by atoms with Gasteiger partial charge in [0.25, 0.3) is 0 Å². The first-order chi connectivity index (χ1) is 13.2. The standard InChI is InChI=1S/C20H26N4O3/c1-2-6-19(25)21-10-5-9-18-22-16-7-3-4-8-17(16)24(18)15-20(26)23-11-13-27-14-12-23/h2-4,6-8H,5,9-15H2,1H3,(H,21,25)/b6-2-. The Balaban J connectivity index is 1.69. The Labute approximate surface area is 159 Å². The van der Waals surface area contributed by atoms with Crippen molar-refractivity contribution in [2.24, 2.45) is 0 Å². The van der Waals surface area contributed by atoms with Gasteiger partial charge in [0.15, 0.2) is 0 Å².